The third-order valence-corrected chi connectivity index (χ3v) is 10.4. The first kappa shape index (κ1) is 28.5. The molecular weight excluding hydrogens is 611 g/mol. The lowest BCUT2D eigenvalue weighted by Gasteiger charge is -2.43. The molecule has 8 heteroatoms. The van der Waals surface area contributed by atoms with Crippen molar-refractivity contribution in [2.75, 3.05) is 23.4 Å². The molecule has 4 aliphatic heterocycles. The molecule has 242 valence electrons. The molecule has 0 unspecified atom stereocenters. The summed E-state index contributed by atoms with van der Waals surface area (Å²) in [5.41, 5.74) is 15.5. The highest BCUT2D eigenvalue weighted by Gasteiger charge is 2.48. The lowest BCUT2D eigenvalue weighted by molar-refractivity contribution is 0.173. The summed E-state index contributed by atoms with van der Waals surface area (Å²) in [5, 5.41) is 1.09. The number of fused-ring (bicyclic) bond motifs is 8. The lowest BCUT2D eigenvalue weighted by Crippen LogP contribution is -2.61. The van der Waals surface area contributed by atoms with Gasteiger partial charge in [0.2, 0.25) is 13.6 Å². The van der Waals surface area contributed by atoms with E-state index in [4.69, 9.17) is 23.4 Å². The molecule has 7 nitrogen and oxygen atoms in total. The molecule has 0 saturated heterocycles. The molecule has 0 saturated carbocycles. The average Bonchev–Trinajstić information content (AvgIpc) is 3.82. The Morgan fingerprint density at radius 3 is 2.02 bits per heavy atom. The van der Waals surface area contributed by atoms with E-state index in [1.54, 1.807) is 0 Å². The fourth-order valence-corrected chi connectivity index (χ4v) is 8.23. The Morgan fingerprint density at radius 2 is 1.29 bits per heavy atom. The third-order valence-electron chi connectivity index (χ3n) is 10.4. The van der Waals surface area contributed by atoms with Gasteiger partial charge in [-0.15, -0.1) is 0 Å². The molecule has 1 aromatic heterocycles. The SMILES string of the molecule is Cc1cc2c3c(c1)N(c1c(C)cc(C(C)(C)C)cc1C)c1c(oc4ccccc14)B3c1cc3c(cc1N2c1ccc2c(c1)OCO2)OCO3. The first-order valence-corrected chi connectivity index (χ1v) is 16.9. The molecule has 5 aromatic carbocycles. The summed E-state index contributed by atoms with van der Waals surface area (Å²) in [6.45, 7) is 13.7. The zero-order valence-electron chi connectivity index (χ0n) is 28.4. The Morgan fingerprint density at radius 1 is 0.633 bits per heavy atom. The fraction of sp³-hybridized carbons (Fsp3) is 0.220. The molecule has 4 aliphatic rings. The second-order valence-corrected chi connectivity index (χ2v) is 14.6. The van der Waals surface area contributed by atoms with Crippen molar-refractivity contribution >= 4 is 68.4 Å². The van der Waals surface area contributed by atoms with Crippen LogP contribution < -0.4 is 45.3 Å². The summed E-state index contributed by atoms with van der Waals surface area (Å²) >= 11 is 0. The van der Waals surface area contributed by atoms with Crippen molar-refractivity contribution in [3.05, 3.63) is 101 Å². The number of rotatable bonds is 2. The topological polar surface area (TPSA) is 56.5 Å². The summed E-state index contributed by atoms with van der Waals surface area (Å²) in [6, 6.07) is 28.2. The van der Waals surface area contributed by atoms with E-state index >= 15 is 0 Å². The minimum Gasteiger partial charge on any atom is -0.468 e. The number of anilines is 6. The van der Waals surface area contributed by atoms with E-state index in [-0.39, 0.29) is 25.7 Å². The van der Waals surface area contributed by atoms with Gasteiger partial charge in [0.05, 0.1) is 22.7 Å². The highest BCUT2D eigenvalue weighted by Crippen LogP contribution is 2.51. The van der Waals surface area contributed by atoms with Crippen molar-refractivity contribution in [3.8, 4) is 23.0 Å². The smallest absolute Gasteiger partial charge is 0.297 e. The van der Waals surface area contributed by atoms with Crippen LogP contribution >= 0.6 is 0 Å². The summed E-state index contributed by atoms with van der Waals surface area (Å²) in [6.07, 6.45) is 0. The van der Waals surface area contributed by atoms with Crippen molar-refractivity contribution in [3.63, 3.8) is 0 Å². The maximum absolute atomic E-state index is 6.99. The van der Waals surface area contributed by atoms with E-state index < -0.39 is 0 Å². The van der Waals surface area contributed by atoms with E-state index in [1.807, 2.05) is 12.1 Å². The summed E-state index contributed by atoms with van der Waals surface area (Å²) in [7, 11) is 0. The predicted molar refractivity (Wildman–Crippen MR) is 195 cm³/mol. The van der Waals surface area contributed by atoms with Crippen LogP contribution in [0.2, 0.25) is 0 Å². The molecule has 49 heavy (non-hydrogen) atoms. The van der Waals surface area contributed by atoms with Gasteiger partial charge in [0.15, 0.2) is 23.0 Å². The Balaban J connectivity index is 1.32. The van der Waals surface area contributed by atoms with E-state index in [9.17, 15) is 0 Å². The summed E-state index contributed by atoms with van der Waals surface area (Å²) in [4.78, 5) is 4.80. The Bertz CT molecular complexity index is 2380. The van der Waals surface area contributed by atoms with Gasteiger partial charge in [-0.2, -0.15) is 0 Å². The minimum absolute atomic E-state index is 0.0257. The first-order chi connectivity index (χ1) is 23.7. The number of hydrogen-bond acceptors (Lipinski definition) is 7. The van der Waals surface area contributed by atoms with Gasteiger partial charge < -0.3 is 33.2 Å². The highest BCUT2D eigenvalue weighted by molar-refractivity contribution is 7.00. The number of para-hydroxylation sites is 1. The van der Waals surface area contributed by atoms with Crippen LogP contribution in [-0.2, 0) is 5.41 Å². The summed E-state index contributed by atoms with van der Waals surface area (Å²) < 4.78 is 30.5. The maximum Gasteiger partial charge on any atom is 0.297 e. The van der Waals surface area contributed by atoms with Crippen LogP contribution in [0.5, 0.6) is 23.0 Å². The molecule has 0 radical (unpaired) electrons. The Labute approximate surface area is 285 Å². The minimum atomic E-state index is -0.187. The monoisotopic (exact) mass is 646 g/mol. The van der Waals surface area contributed by atoms with E-state index in [0.717, 1.165) is 79.1 Å². The van der Waals surface area contributed by atoms with Gasteiger partial charge in [-0.25, -0.2) is 0 Å². The van der Waals surface area contributed by atoms with Gasteiger partial charge in [-0.05, 0) is 102 Å². The molecule has 5 heterocycles. The maximum atomic E-state index is 6.99. The number of nitrogens with zero attached hydrogens (tertiary/aromatic N) is 2. The highest BCUT2D eigenvalue weighted by atomic mass is 16.7. The predicted octanol–water partition coefficient (Wildman–Crippen LogP) is 8.20. The molecule has 0 N–H and O–H groups in total. The second kappa shape index (κ2) is 9.78. The summed E-state index contributed by atoms with van der Waals surface area (Å²) in [5.74, 6) is 2.95. The van der Waals surface area contributed by atoms with E-state index in [1.165, 1.54) is 27.8 Å². The van der Waals surface area contributed by atoms with Crippen molar-refractivity contribution < 1.29 is 23.4 Å². The largest absolute Gasteiger partial charge is 0.468 e. The number of hydrogen-bond donors (Lipinski definition) is 0. The van der Waals surface area contributed by atoms with Crippen molar-refractivity contribution in [1.29, 1.82) is 0 Å². The van der Waals surface area contributed by atoms with Gasteiger partial charge in [0.25, 0.3) is 6.71 Å². The molecule has 0 spiro atoms. The van der Waals surface area contributed by atoms with Gasteiger partial charge in [-0.3, -0.25) is 0 Å². The van der Waals surface area contributed by atoms with E-state index in [0.29, 0.717) is 0 Å². The fourth-order valence-electron chi connectivity index (χ4n) is 8.23. The van der Waals surface area contributed by atoms with Gasteiger partial charge in [-0.1, -0.05) is 45.0 Å². The van der Waals surface area contributed by atoms with Crippen molar-refractivity contribution in [2.45, 2.75) is 47.0 Å². The van der Waals surface area contributed by atoms with Crippen LogP contribution in [0.3, 0.4) is 0 Å². The van der Waals surface area contributed by atoms with Crippen LogP contribution in [-0.4, -0.2) is 20.3 Å². The standard InChI is InChI=1S/C41H35BN2O5/c1-22-13-30-37-31(14-22)44(38-23(2)15-25(16-24(38)3)41(4,5)6)39-27-9-7-8-10-32(27)49-40(39)42(37)28-18-35-36(48-21-47-35)19-29(28)43(30)26-11-12-33-34(17-26)46-20-45-33/h7-19H,20-21H2,1-6H3. The molecular formula is C41H35BN2O5. The molecule has 0 aliphatic carbocycles. The van der Waals surface area contributed by atoms with Crippen molar-refractivity contribution in [1.82, 2.24) is 0 Å². The number of aryl methyl sites for hydroxylation is 3. The Kier molecular flexibility index (Phi) is 5.69. The quantitative estimate of drug-likeness (QED) is 0.176. The molecule has 0 amide bonds. The first-order valence-electron chi connectivity index (χ1n) is 16.9. The van der Waals surface area contributed by atoms with Crippen LogP contribution in [0.1, 0.15) is 43.0 Å². The zero-order valence-corrected chi connectivity index (χ0v) is 28.4. The number of furan rings is 1. The number of ether oxygens (including phenoxy) is 4. The van der Waals surface area contributed by atoms with Gasteiger partial charge >= 0.3 is 0 Å². The molecule has 0 fully saturated rings. The van der Waals surface area contributed by atoms with Crippen LogP contribution in [0.15, 0.2) is 83.3 Å². The molecule has 0 bridgehead atoms. The van der Waals surface area contributed by atoms with Crippen LogP contribution in [0.4, 0.5) is 34.1 Å². The van der Waals surface area contributed by atoms with Gasteiger partial charge in [0, 0.05) is 34.6 Å². The van der Waals surface area contributed by atoms with Gasteiger partial charge in [0.1, 0.15) is 5.58 Å². The normalized spacial score (nSPS) is 15.1. The average molecular weight is 647 g/mol. The van der Waals surface area contributed by atoms with Crippen molar-refractivity contribution in [2.24, 2.45) is 0 Å². The molecule has 0 atom stereocenters. The number of benzene rings is 5. The second-order valence-electron chi connectivity index (χ2n) is 14.6. The third kappa shape index (κ3) is 3.97. The van der Waals surface area contributed by atoms with E-state index in [2.05, 4.69) is 118 Å². The Hall–Kier alpha value is -5.50. The van der Waals surface area contributed by atoms with Crippen LogP contribution in [0, 0.1) is 20.8 Å². The van der Waals surface area contributed by atoms with Crippen LogP contribution in [0.25, 0.3) is 11.0 Å². The molecule has 6 aromatic rings. The zero-order chi connectivity index (χ0) is 33.3. The lowest BCUT2D eigenvalue weighted by atomic mass is 9.35. The molecule has 10 rings (SSSR count).